The van der Waals surface area contributed by atoms with Gasteiger partial charge >= 0.3 is 0 Å². The molecule has 0 aromatic carbocycles. The third kappa shape index (κ3) is 4.31. The Morgan fingerprint density at radius 3 is 1.80 bits per heavy atom. The summed E-state index contributed by atoms with van der Waals surface area (Å²) < 4.78 is 13.8. The van der Waals surface area contributed by atoms with E-state index in [1.54, 1.807) is 49.0 Å². The first-order valence-corrected chi connectivity index (χ1v) is 16.5. The second kappa shape index (κ2) is 10.6. The first-order chi connectivity index (χ1) is 21.0. The molecule has 12 heteroatoms. The number of nitrogens with zero attached hydrogens (tertiary/aromatic N) is 6. The van der Waals surface area contributed by atoms with E-state index in [0.717, 1.165) is 20.2 Å². The Balaban J connectivity index is 1.43. The van der Waals surface area contributed by atoms with Gasteiger partial charge < -0.3 is 9.47 Å². The lowest BCUT2D eigenvalue weighted by atomic mass is 9.79. The molecule has 2 aliphatic carbocycles. The molecule has 0 spiro atoms. The number of thiophene rings is 4. The predicted molar refractivity (Wildman–Crippen MR) is 179 cm³/mol. The fourth-order valence-electron chi connectivity index (χ4n) is 5.86. The summed E-state index contributed by atoms with van der Waals surface area (Å²) in [6, 6.07) is 13.0. The zero-order valence-electron chi connectivity index (χ0n) is 24.4. The van der Waals surface area contributed by atoms with Crippen molar-refractivity contribution in [2.24, 2.45) is 15.4 Å². The van der Waals surface area contributed by atoms with Gasteiger partial charge in [-0.25, -0.2) is 9.98 Å². The molecule has 0 amide bonds. The average molecular weight is 651 g/mol. The number of allylic oxidation sites excluding steroid dienone is 4. The fraction of sp³-hybridized carbons (Fsp3) is 0.250. The maximum Gasteiger partial charge on any atom is 0.219 e. The first kappa shape index (κ1) is 29.5. The van der Waals surface area contributed by atoms with Gasteiger partial charge in [-0.3, -0.25) is 0 Å². The average Bonchev–Trinajstić information content (AvgIpc) is 3.81. The summed E-state index contributed by atoms with van der Waals surface area (Å²) in [6.45, 7) is 9.01. The highest BCUT2D eigenvalue weighted by atomic mass is 32.1. The van der Waals surface area contributed by atoms with Crippen LogP contribution in [0.1, 0.15) is 43.0 Å². The number of hydrogen-bond acceptors (Lipinski definition) is 12. The van der Waals surface area contributed by atoms with Crippen LogP contribution in [0.25, 0.3) is 30.3 Å². The molecule has 216 valence electrons. The Labute approximate surface area is 270 Å². The summed E-state index contributed by atoms with van der Waals surface area (Å²) in [5, 5.41) is 37.8. The lowest BCUT2D eigenvalue weighted by Gasteiger charge is -2.26. The summed E-state index contributed by atoms with van der Waals surface area (Å²) in [7, 11) is 3.23. The maximum absolute atomic E-state index is 9.20. The molecular formula is C32H22N6O2S4. The molecule has 0 N–H and O–H groups in total. The number of nitriles is 4. The van der Waals surface area contributed by atoms with Gasteiger partial charge in [0.15, 0.2) is 0 Å². The van der Waals surface area contributed by atoms with E-state index in [1.165, 1.54) is 53.7 Å². The topological polar surface area (TPSA) is 138 Å². The lowest BCUT2D eigenvalue weighted by Crippen LogP contribution is -2.15. The van der Waals surface area contributed by atoms with E-state index in [-0.39, 0.29) is 22.3 Å². The normalized spacial score (nSPS) is 15.4. The lowest BCUT2D eigenvalue weighted by molar-refractivity contribution is 0.415. The summed E-state index contributed by atoms with van der Waals surface area (Å²) in [5.74, 6) is 1.33. The van der Waals surface area contributed by atoms with E-state index >= 15 is 0 Å². The summed E-state index contributed by atoms with van der Waals surface area (Å²) >= 11 is 6.34. The molecule has 0 saturated heterocycles. The zero-order chi connectivity index (χ0) is 31.6. The van der Waals surface area contributed by atoms with Crippen molar-refractivity contribution in [1.82, 2.24) is 0 Å². The van der Waals surface area contributed by atoms with Crippen LogP contribution in [0, 0.1) is 50.7 Å². The molecular weight excluding hydrogens is 629 g/mol. The molecule has 6 rings (SSSR count). The second-order valence-corrected chi connectivity index (χ2v) is 15.2. The van der Waals surface area contributed by atoms with Gasteiger partial charge in [0.05, 0.1) is 33.6 Å². The molecule has 4 aromatic rings. The Kier molecular flexibility index (Phi) is 7.08. The molecule has 2 aliphatic rings. The second-order valence-electron chi connectivity index (χ2n) is 11.0. The summed E-state index contributed by atoms with van der Waals surface area (Å²) in [6.07, 6.45) is 2.29. The van der Waals surface area contributed by atoms with Crippen LogP contribution < -0.4 is 9.47 Å². The summed E-state index contributed by atoms with van der Waals surface area (Å²) in [4.78, 5) is 12.6. The number of hydrogen-bond donors (Lipinski definition) is 0. The van der Waals surface area contributed by atoms with Gasteiger partial charge in [0.25, 0.3) is 0 Å². The highest BCUT2D eigenvalue weighted by molar-refractivity contribution is 7.32. The molecule has 0 aliphatic heterocycles. The first-order valence-electron chi connectivity index (χ1n) is 13.2. The number of rotatable bonds is 6. The van der Waals surface area contributed by atoms with Crippen LogP contribution >= 0.6 is 45.3 Å². The van der Waals surface area contributed by atoms with Crippen LogP contribution in [0.3, 0.4) is 0 Å². The molecule has 0 bridgehead atoms. The Bertz CT molecular complexity index is 2170. The zero-order valence-corrected chi connectivity index (χ0v) is 27.7. The van der Waals surface area contributed by atoms with Crippen molar-refractivity contribution in [2.75, 3.05) is 14.2 Å². The molecule has 0 unspecified atom stereocenters. The van der Waals surface area contributed by atoms with Gasteiger partial charge in [-0.1, -0.05) is 33.8 Å². The van der Waals surface area contributed by atoms with E-state index in [0.29, 0.717) is 21.5 Å². The smallest absolute Gasteiger partial charge is 0.219 e. The molecule has 0 fully saturated rings. The van der Waals surface area contributed by atoms with E-state index in [2.05, 4.69) is 49.8 Å². The Morgan fingerprint density at radius 1 is 0.705 bits per heavy atom. The fourth-order valence-corrected chi connectivity index (χ4v) is 11.3. The van der Waals surface area contributed by atoms with Crippen LogP contribution in [-0.4, -0.2) is 25.6 Å². The van der Waals surface area contributed by atoms with Gasteiger partial charge in [-0.05, 0) is 28.3 Å². The standard InChI is InChI=1S/C32H22N6O2S4/c1-31(2)17-7-18(27-19(39-5)8-23(43-27)37-15(11-33)12-34)32(3,4)25(17)30-26(31)29-22(42-30)10-21(41-29)28-20(40-6)9-24(44-28)38-16(13-35)14-36/h7-10H,1-6H3. The molecule has 4 aromatic heterocycles. The highest BCUT2D eigenvalue weighted by Crippen LogP contribution is 2.67. The van der Waals surface area contributed by atoms with Crippen molar-refractivity contribution < 1.29 is 9.47 Å². The minimum atomic E-state index is -0.330. The van der Waals surface area contributed by atoms with Crippen molar-refractivity contribution in [3.05, 3.63) is 45.2 Å². The number of methoxy groups -OCH3 is 2. The SMILES string of the molecule is COc1cc(N=C(C#N)C#N)sc1C1=CC2=C(c3sc4cc(-c5sc(N=C(C#N)C#N)cc5OC)sc4c3C2(C)C)C1(C)C. The van der Waals surface area contributed by atoms with Crippen LogP contribution in [0.15, 0.2) is 39.8 Å². The quantitative estimate of drug-likeness (QED) is 0.191. The largest absolute Gasteiger partial charge is 0.495 e. The van der Waals surface area contributed by atoms with Crippen LogP contribution in [0.5, 0.6) is 11.5 Å². The van der Waals surface area contributed by atoms with E-state index < -0.39 is 0 Å². The Morgan fingerprint density at radius 2 is 1.25 bits per heavy atom. The highest BCUT2D eigenvalue weighted by Gasteiger charge is 2.50. The van der Waals surface area contributed by atoms with Crippen LogP contribution in [-0.2, 0) is 5.41 Å². The van der Waals surface area contributed by atoms with Gasteiger partial charge in [-0.15, -0.1) is 45.3 Å². The third-order valence-electron chi connectivity index (χ3n) is 7.89. The van der Waals surface area contributed by atoms with Crippen LogP contribution in [0.2, 0.25) is 0 Å². The van der Waals surface area contributed by atoms with Gasteiger partial charge in [0.2, 0.25) is 11.4 Å². The monoisotopic (exact) mass is 650 g/mol. The van der Waals surface area contributed by atoms with Crippen molar-refractivity contribution in [3.63, 3.8) is 0 Å². The van der Waals surface area contributed by atoms with E-state index in [1.807, 2.05) is 24.3 Å². The minimum Gasteiger partial charge on any atom is -0.495 e. The number of aliphatic imine (C=N–C) groups is 2. The molecule has 0 radical (unpaired) electrons. The van der Waals surface area contributed by atoms with Crippen LogP contribution in [0.4, 0.5) is 10.0 Å². The molecule has 8 nitrogen and oxygen atoms in total. The van der Waals surface area contributed by atoms with Crippen molar-refractivity contribution in [3.8, 4) is 45.5 Å². The Hall–Kier alpha value is -4.56. The van der Waals surface area contributed by atoms with Gasteiger partial charge in [0.1, 0.15) is 45.8 Å². The maximum atomic E-state index is 9.20. The van der Waals surface area contributed by atoms with Crippen molar-refractivity contribution >= 4 is 87.3 Å². The number of ether oxygens (including phenoxy) is 2. The molecule has 0 atom stereocenters. The summed E-state index contributed by atoms with van der Waals surface area (Å²) in [5.41, 5.74) is 4.06. The van der Waals surface area contributed by atoms with Crippen molar-refractivity contribution in [2.45, 2.75) is 33.1 Å². The van der Waals surface area contributed by atoms with Crippen molar-refractivity contribution in [1.29, 1.82) is 21.0 Å². The number of fused-ring (bicyclic) bond motifs is 4. The van der Waals surface area contributed by atoms with Gasteiger partial charge in [-0.2, -0.15) is 21.0 Å². The molecule has 0 saturated carbocycles. The molecule has 44 heavy (non-hydrogen) atoms. The van der Waals surface area contributed by atoms with E-state index in [9.17, 15) is 10.5 Å². The van der Waals surface area contributed by atoms with Gasteiger partial charge in [0, 0.05) is 32.5 Å². The minimum absolute atomic E-state index is 0.192. The predicted octanol–water partition coefficient (Wildman–Crippen LogP) is 9.18. The van der Waals surface area contributed by atoms with E-state index in [4.69, 9.17) is 20.0 Å². The third-order valence-corrected chi connectivity index (χ3v) is 12.6. The molecule has 4 heterocycles.